The van der Waals surface area contributed by atoms with E-state index in [0.717, 1.165) is 16.4 Å². The number of benzene rings is 2. The van der Waals surface area contributed by atoms with Crippen LogP contribution in [0.4, 0.5) is 18.9 Å². The van der Waals surface area contributed by atoms with E-state index in [4.69, 9.17) is 11.6 Å². The van der Waals surface area contributed by atoms with Crippen molar-refractivity contribution in [2.24, 2.45) is 0 Å². The van der Waals surface area contributed by atoms with E-state index in [1.165, 1.54) is 36.4 Å². The van der Waals surface area contributed by atoms with E-state index in [1.807, 2.05) is 0 Å². The van der Waals surface area contributed by atoms with Crippen LogP contribution in [0.2, 0.25) is 5.02 Å². The maximum absolute atomic E-state index is 13.1. The first-order valence-electron chi connectivity index (χ1n) is 8.35. The van der Waals surface area contributed by atoms with Gasteiger partial charge in [0.2, 0.25) is 15.9 Å². The second kappa shape index (κ2) is 7.73. The maximum atomic E-state index is 13.1. The van der Waals surface area contributed by atoms with Gasteiger partial charge in [-0.15, -0.1) is 0 Å². The molecule has 1 saturated heterocycles. The Balaban J connectivity index is 1.86. The van der Waals surface area contributed by atoms with Crippen molar-refractivity contribution in [3.8, 4) is 0 Å². The lowest BCUT2D eigenvalue weighted by Crippen LogP contribution is -2.43. The molecule has 0 spiro atoms. The molecule has 1 heterocycles. The predicted molar refractivity (Wildman–Crippen MR) is 98.4 cm³/mol. The van der Waals surface area contributed by atoms with Gasteiger partial charge < -0.3 is 5.32 Å². The molecular weight excluding hydrogens is 417 g/mol. The van der Waals surface area contributed by atoms with Crippen LogP contribution >= 0.6 is 11.6 Å². The minimum absolute atomic E-state index is 0.0349. The zero-order valence-electron chi connectivity index (χ0n) is 14.4. The van der Waals surface area contributed by atoms with E-state index in [0.29, 0.717) is 11.4 Å². The molecule has 10 heteroatoms. The van der Waals surface area contributed by atoms with Gasteiger partial charge >= 0.3 is 6.18 Å². The minimum Gasteiger partial charge on any atom is -0.324 e. The number of sulfonamides is 1. The van der Waals surface area contributed by atoms with E-state index in [9.17, 15) is 26.4 Å². The van der Waals surface area contributed by atoms with Gasteiger partial charge in [0.1, 0.15) is 6.04 Å². The summed E-state index contributed by atoms with van der Waals surface area (Å²) in [6, 6.07) is 8.95. The molecule has 2 aromatic rings. The molecule has 0 aliphatic carbocycles. The molecule has 1 atom stereocenters. The van der Waals surface area contributed by atoms with Crippen LogP contribution in [-0.4, -0.2) is 31.2 Å². The summed E-state index contributed by atoms with van der Waals surface area (Å²) in [5.74, 6) is -0.799. The molecule has 0 bridgehead atoms. The zero-order valence-corrected chi connectivity index (χ0v) is 16.0. The first-order valence-corrected chi connectivity index (χ1v) is 10.2. The number of nitrogens with one attached hydrogen (secondary N) is 1. The first-order chi connectivity index (χ1) is 13.1. The van der Waals surface area contributed by atoms with Crippen LogP contribution in [0.3, 0.4) is 0 Å². The number of anilines is 1. The zero-order chi connectivity index (χ0) is 20.5. The number of rotatable bonds is 4. The third-order valence-corrected chi connectivity index (χ3v) is 6.59. The van der Waals surface area contributed by atoms with Gasteiger partial charge in [-0.25, -0.2) is 8.42 Å². The van der Waals surface area contributed by atoms with Gasteiger partial charge in [-0.1, -0.05) is 23.7 Å². The van der Waals surface area contributed by atoms with Crippen molar-refractivity contribution in [3.63, 3.8) is 0 Å². The molecule has 1 fully saturated rings. The lowest BCUT2D eigenvalue weighted by Gasteiger charge is -2.24. The highest BCUT2D eigenvalue weighted by atomic mass is 35.5. The van der Waals surface area contributed by atoms with Gasteiger partial charge in [-0.3, -0.25) is 4.79 Å². The van der Waals surface area contributed by atoms with Crippen molar-refractivity contribution in [2.75, 3.05) is 11.9 Å². The molecule has 0 unspecified atom stereocenters. The number of carbonyl (C=O) groups is 1. The number of hydrogen-bond acceptors (Lipinski definition) is 3. The molecule has 0 aromatic heterocycles. The summed E-state index contributed by atoms with van der Waals surface area (Å²) in [6.07, 6.45) is -4.01. The number of amides is 1. The maximum Gasteiger partial charge on any atom is 0.418 e. The molecule has 3 rings (SSSR count). The fraction of sp³-hybridized carbons (Fsp3) is 0.278. The summed E-state index contributed by atoms with van der Waals surface area (Å²) < 4.78 is 66.1. The highest BCUT2D eigenvalue weighted by Gasteiger charge is 2.40. The average molecular weight is 433 g/mol. The molecule has 150 valence electrons. The molecular formula is C18H16ClF3N2O3S. The Morgan fingerprint density at radius 2 is 1.75 bits per heavy atom. The lowest BCUT2D eigenvalue weighted by molar-refractivity contribution is -0.137. The molecule has 1 amide bonds. The second-order valence-corrected chi connectivity index (χ2v) is 8.59. The number of nitrogens with zero attached hydrogens (tertiary/aromatic N) is 1. The second-order valence-electron chi connectivity index (χ2n) is 6.26. The van der Waals surface area contributed by atoms with Crippen LogP contribution < -0.4 is 5.32 Å². The van der Waals surface area contributed by atoms with Crippen molar-refractivity contribution >= 4 is 33.2 Å². The van der Waals surface area contributed by atoms with Gasteiger partial charge in [0.05, 0.1) is 16.1 Å². The van der Waals surface area contributed by atoms with Crippen LogP contribution in [0.1, 0.15) is 18.4 Å². The summed E-state index contributed by atoms with van der Waals surface area (Å²) in [5, 5.41) is 2.60. The monoisotopic (exact) mass is 432 g/mol. The summed E-state index contributed by atoms with van der Waals surface area (Å²) in [4.78, 5) is 12.6. The van der Waals surface area contributed by atoms with Crippen LogP contribution in [0.25, 0.3) is 0 Å². The summed E-state index contributed by atoms with van der Waals surface area (Å²) in [5.41, 5.74) is -1.40. The highest BCUT2D eigenvalue weighted by Crippen LogP contribution is 2.35. The van der Waals surface area contributed by atoms with Gasteiger partial charge in [-0.05, 0) is 49.2 Å². The minimum atomic E-state index is -4.64. The van der Waals surface area contributed by atoms with E-state index >= 15 is 0 Å². The normalized spacial score (nSPS) is 18.2. The molecule has 2 aromatic carbocycles. The fourth-order valence-electron chi connectivity index (χ4n) is 3.09. The lowest BCUT2D eigenvalue weighted by atomic mass is 10.1. The predicted octanol–water partition coefficient (Wildman–Crippen LogP) is 4.15. The fourth-order valence-corrected chi connectivity index (χ4v) is 4.87. The average Bonchev–Trinajstić information content (AvgIpc) is 3.12. The van der Waals surface area contributed by atoms with Crippen LogP contribution in [-0.2, 0) is 21.0 Å². The molecule has 28 heavy (non-hydrogen) atoms. The molecule has 0 radical (unpaired) electrons. The Morgan fingerprint density at radius 1 is 1.11 bits per heavy atom. The Bertz CT molecular complexity index is 978. The SMILES string of the molecule is O=C(Nc1ccccc1C(F)(F)F)[C@H]1CCCN1S(=O)(=O)c1ccc(Cl)cc1. The number of para-hydroxylation sites is 1. The Morgan fingerprint density at radius 3 is 2.39 bits per heavy atom. The topological polar surface area (TPSA) is 66.5 Å². The summed E-state index contributed by atoms with van der Waals surface area (Å²) in [7, 11) is -3.99. The number of carbonyl (C=O) groups excluding carboxylic acids is 1. The summed E-state index contributed by atoms with van der Waals surface area (Å²) in [6.45, 7) is 0.101. The molecule has 1 aliphatic rings. The van der Waals surface area contributed by atoms with E-state index in [-0.39, 0.29) is 17.9 Å². The van der Waals surface area contributed by atoms with Crippen molar-refractivity contribution in [1.29, 1.82) is 0 Å². The number of hydrogen-bond donors (Lipinski definition) is 1. The third kappa shape index (κ3) is 4.16. The molecule has 5 nitrogen and oxygen atoms in total. The van der Waals surface area contributed by atoms with Gasteiger partial charge in [-0.2, -0.15) is 17.5 Å². The van der Waals surface area contributed by atoms with Gasteiger partial charge in [0.25, 0.3) is 0 Å². The van der Waals surface area contributed by atoms with Gasteiger partial charge in [0.15, 0.2) is 0 Å². The quantitative estimate of drug-likeness (QED) is 0.789. The molecule has 0 saturated carbocycles. The molecule has 1 aliphatic heterocycles. The van der Waals surface area contributed by atoms with Crippen molar-refractivity contribution in [3.05, 3.63) is 59.1 Å². The van der Waals surface area contributed by atoms with E-state index in [2.05, 4.69) is 5.32 Å². The highest BCUT2D eigenvalue weighted by molar-refractivity contribution is 7.89. The smallest absolute Gasteiger partial charge is 0.324 e. The first kappa shape index (κ1) is 20.6. The van der Waals surface area contributed by atoms with E-state index < -0.39 is 39.4 Å². The number of halogens is 4. The summed E-state index contributed by atoms with van der Waals surface area (Å²) >= 11 is 5.78. The third-order valence-electron chi connectivity index (χ3n) is 4.42. The standard InChI is InChI=1S/C18H16ClF3N2O3S/c19-12-7-9-13(10-8-12)28(26,27)24-11-3-6-16(24)17(25)23-15-5-2-1-4-14(15)18(20,21)22/h1-2,4-5,7-10,16H,3,6,11H2,(H,23,25)/t16-/m1/s1. The van der Waals surface area contributed by atoms with Crippen LogP contribution in [0.5, 0.6) is 0 Å². The number of alkyl halides is 3. The van der Waals surface area contributed by atoms with E-state index in [1.54, 1.807) is 0 Å². The van der Waals surface area contributed by atoms with Crippen molar-refractivity contribution < 1.29 is 26.4 Å². The van der Waals surface area contributed by atoms with Crippen LogP contribution in [0, 0.1) is 0 Å². The largest absolute Gasteiger partial charge is 0.418 e. The Hall–Kier alpha value is -2.10. The van der Waals surface area contributed by atoms with Crippen molar-refractivity contribution in [1.82, 2.24) is 4.31 Å². The van der Waals surface area contributed by atoms with Crippen LogP contribution in [0.15, 0.2) is 53.4 Å². The van der Waals surface area contributed by atoms with Gasteiger partial charge in [0, 0.05) is 11.6 Å². The van der Waals surface area contributed by atoms with Crippen molar-refractivity contribution in [2.45, 2.75) is 30.0 Å². The Kier molecular flexibility index (Phi) is 5.69. The molecule has 1 N–H and O–H groups in total. The Labute approximate surface area is 165 Å².